The van der Waals surface area contributed by atoms with Crippen molar-refractivity contribution in [2.75, 3.05) is 12.3 Å². The van der Waals surface area contributed by atoms with Gasteiger partial charge in [-0.15, -0.1) is 0 Å². The van der Waals surface area contributed by atoms with Gasteiger partial charge in [-0.05, 0) is 25.1 Å². The summed E-state index contributed by atoms with van der Waals surface area (Å²) in [7, 11) is -3.27. The van der Waals surface area contributed by atoms with E-state index in [2.05, 4.69) is 0 Å². The lowest BCUT2D eigenvalue weighted by atomic mass is 10.1. The fourth-order valence-electron chi connectivity index (χ4n) is 1.95. The van der Waals surface area contributed by atoms with Crippen molar-refractivity contribution in [2.45, 2.75) is 24.7 Å². The van der Waals surface area contributed by atoms with Gasteiger partial charge in [-0.1, -0.05) is 0 Å². The fourth-order valence-corrected chi connectivity index (χ4v) is 3.28. The predicted octanol–water partition coefficient (Wildman–Crippen LogP) is 0.891. The Labute approximate surface area is 106 Å². The van der Waals surface area contributed by atoms with E-state index in [0.717, 1.165) is 5.56 Å². The Bertz CT molecular complexity index is 544. The molecular formula is C12H16FNO3S. The third kappa shape index (κ3) is 2.64. The highest BCUT2D eigenvalue weighted by molar-refractivity contribution is 7.92. The molecule has 2 rings (SSSR count). The molecule has 18 heavy (non-hydrogen) atoms. The molecule has 0 fully saturated rings. The number of sulfone groups is 1. The average Bonchev–Trinajstić information content (AvgIpc) is 2.68. The number of nitrogens with two attached hydrogens (primary N) is 1. The van der Waals surface area contributed by atoms with E-state index in [9.17, 15) is 12.8 Å². The van der Waals surface area contributed by atoms with Crippen LogP contribution in [0.25, 0.3) is 0 Å². The largest absolute Gasteiger partial charge is 0.489 e. The molecule has 0 saturated carbocycles. The minimum absolute atomic E-state index is 0.0817. The standard InChI is InChI=1S/C12H16FNO3S/c1-8(6-14)18(15,16)7-11-5-9-4-10(13)2-3-12(9)17-11/h2-4,8,11H,5-7,14H2,1H3. The topological polar surface area (TPSA) is 69.4 Å². The predicted molar refractivity (Wildman–Crippen MR) is 66.8 cm³/mol. The van der Waals surface area contributed by atoms with Gasteiger partial charge in [0.05, 0.1) is 11.0 Å². The van der Waals surface area contributed by atoms with E-state index in [4.69, 9.17) is 10.5 Å². The number of hydrogen-bond donors (Lipinski definition) is 1. The lowest BCUT2D eigenvalue weighted by molar-refractivity contribution is 0.256. The summed E-state index contributed by atoms with van der Waals surface area (Å²) in [4.78, 5) is 0. The van der Waals surface area contributed by atoms with Crippen LogP contribution in [0.15, 0.2) is 18.2 Å². The maximum atomic E-state index is 13.0. The van der Waals surface area contributed by atoms with Crippen LogP contribution in [0, 0.1) is 5.82 Å². The second-order valence-electron chi connectivity index (χ2n) is 4.57. The summed E-state index contributed by atoms with van der Waals surface area (Å²) >= 11 is 0. The Morgan fingerprint density at radius 3 is 2.94 bits per heavy atom. The molecule has 100 valence electrons. The lowest BCUT2D eigenvalue weighted by Gasteiger charge is -2.14. The number of halogens is 1. The molecule has 0 amide bonds. The second kappa shape index (κ2) is 4.85. The van der Waals surface area contributed by atoms with E-state index >= 15 is 0 Å². The molecule has 0 aromatic heterocycles. The van der Waals surface area contributed by atoms with E-state index in [0.29, 0.717) is 12.2 Å². The van der Waals surface area contributed by atoms with Crippen molar-refractivity contribution in [3.63, 3.8) is 0 Å². The summed E-state index contributed by atoms with van der Waals surface area (Å²) in [5.41, 5.74) is 6.09. The number of benzene rings is 1. The zero-order valence-corrected chi connectivity index (χ0v) is 10.9. The fraction of sp³-hybridized carbons (Fsp3) is 0.500. The molecule has 1 aliphatic rings. The number of rotatable bonds is 4. The van der Waals surface area contributed by atoms with Crippen LogP contribution in [-0.2, 0) is 16.3 Å². The zero-order valence-electron chi connectivity index (χ0n) is 10.1. The third-order valence-electron chi connectivity index (χ3n) is 3.13. The molecule has 1 aromatic carbocycles. The SMILES string of the molecule is CC(CN)S(=O)(=O)CC1Cc2cc(F)ccc2O1. The third-order valence-corrected chi connectivity index (χ3v) is 5.38. The van der Waals surface area contributed by atoms with Gasteiger partial charge in [-0.2, -0.15) is 0 Å². The van der Waals surface area contributed by atoms with Gasteiger partial charge < -0.3 is 10.5 Å². The van der Waals surface area contributed by atoms with Crippen LogP contribution in [0.4, 0.5) is 4.39 Å². The smallest absolute Gasteiger partial charge is 0.157 e. The minimum Gasteiger partial charge on any atom is -0.489 e. The normalized spacial score (nSPS) is 20.3. The Hall–Kier alpha value is -1.14. The lowest BCUT2D eigenvalue weighted by Crippen LogP contribution is -2.34. The van der Waals surface area contributed by atoms with Crippen molar-refractivity contribution in [2.24, 2.45) is 5.73 Å². The van der Waals surface area contributed by atoms with Crippen molar-refractivity contribution >= 4 is 9.84 Å². The van der Waals surface area contributed by atoms with Gasteiger partial charge >= 0.3 is 0 Å². The highest BCUT2D eigenvalue weighted by Gasteiger charge is 2.30. The molecule has 0 radical (unpaired) electrons. The highest BCUT2D eigenvalue weighted by atomic mass is 32.2. The van der Waals surface area contributed by atoms with Crippen molar-refractivity contribution in [1.29, 1.82) is 0 Å². The van der Waals surface area contributed by atoms with Crippen LogP contribution < -0.4 is 10.5 Å². The Morgan fingerprint density at radius 1 is 1.56 bits per heavy atom. The zero-order chi connectivity index (χ0) is 13.3. The summed E-state index contributed by atoms with van der Waals surface area (Å²) < 4.78 is 42.3. The Balaban J connectivity index is 2.08. The highest BCUT2D eigenvalue weighted by Crippen LogP contribution is 2.30. The van der Waals surface area contributed by atoms with Crippen LogP contribution >= 0.6 is 0 Å². The molecule has 0 spiro atoms. The molecule has 6 heteroatoms. The second-order valence-corrected chi connectivity index (χ2v) is 7.04. The van der Waals surface area contributed by atoms with Gasteiger partial charge in [0.15, 0.2) is 9.84 Å². The molecule has 0 aliphatic carbocycles. The minimum atomic E-state index is -3.27. The molecule has 0 bridgehead atoms. The molecule has 2 N–H and O–H groups in total. The summed E-state index contributed by atoms with van der Waals surface area (Å²) in [6.45, 7) is 1.67. The monoisotopic (exact) mass is 273 g/mol. The first kappa shape index (κ1) is 13.3. The molecule has 1 heterocycles. The quantitative estimate of drug-likeness (QED) is 0.884. The molecular weight excluding hydrogens is 257 g/mol. The summed E-state index contributed by atoms with van der Waals surface area (Å²) in [5.74, 6) is 0.148. The van der Waals surface area contributed by atoms with Gasteiger partial charge in [0, 0.05) is 18.5 Å². The first-order valence-corrected chi connectivity index (χ1v) is 7.50. The molecule has 0 saturated heterocycles. The molecule has 4 nitrogen and oxygen atoms in total. The summed E-state index contributed by atoms with van der Waals surface area (Å²) in [6, 6.07) is 4.22. The van der Waals surface area contributed by atoms with E-state index in [1.54, 1.807) is 6.92 Å². The van der Waals surface area contributed by atoms with E-state index in [1.807, 2.05) is 0 Å². The van der Waals surface area contributed by atoms with Crippen molar-refractivity contribution in [3.8, 4) is 5.75 Å². The number of hydrogen-bond acceptors (Lipinski definition) is 4. The average molecular weight is 273 g/mol. The van der Waals surface area contributed by atoms with Gasteiger partial charge in [0.2, 0.25) is 0 Å². The maximum absolute atomic E-state index is 13.0. The molecule has 1 aliphatic heterocycles. The first-order valence-electron chi connectivity index (χ1n) is 5.79. The molecule has 2 unspecified atom stereocenters. The van der Waals surface area contributed by atoms with Gasteiger partial charge in [0.1, 0.15) is 17.7 Å². The van der Waals surface area contributed by atoms with Crippen molar-refractivity contribution < 1.29 is 17.5 Å². The van der Waals surface area contributed by atoms with Crippen molar-refractivity contribution in [1.82, 2.24) is 0 Å². The van der Waals surface area contributed by atoms with Crippen LogP contribution in [0.2, 0.25) is 0 Å². The summed E-state index contributed by atoms with van der Waals surface area (Å²) in [5, 5.41) is -0.582. The van der Waals surface area contributed by atoms with Crippen LogP contribution in [0.5, 0.6) is 5.75 Å². The van der Waals surface area contributed by atoms with Gasteiger partial charge in [-0.3, -0.25) is 0 Å². The number of ether oxygens (including phenoxy) is 1. The number of fused-ring (bicyclic) bond motifs is 1. The van der Waals surface area contributed by atoms with Crippen LogP contribution in [-0.4, -0.2) is 32.1 Å². The first-order chi connectivity index (χ1) is 8.42. The molecule has 2 atom stereocenters. The Morgan fingerprint density at radius 2 is 2.28 bits per heavy atom. The summed E-state index contributed by atoms with van der Waals surface area (Å²) in [6.07, 6.45) is -0.0235. The van der Waals surface area contributed by atoms with E-state index in [1.165, 1.54) is 18.2 Å². The van der Waals surface area contributed by atoms with Crippen LogP contribution in [0.1, 0.15) is 12.5 Å². The molecule has 1 aromatic rings. The van der Waals surface area contributed by atoms with E-state index < -0.39 is 21.2 Å². The van der Waals surface area contributed by atoms with Gasteiger partial charge in [-0.25, -0.2) is 12.8 Å². The van der Waals surface area contributed by atoms with Crippen molar-refractivity contribution in [3.05, 3.63) is 29.6 Å². The van der Waals surface area contributed by atoms with Gasteiger partial charge in [0.25, 0.3) is 0 Å². The van der Waals surface area contributed by atoms with E-state index in [-0.39, 0.29) is 18.1 Å². The Kier molecular flexibility index (Phi) is 3.59. The maximum Gasteiger partial charge on any atom is 0.157 e. The van der Waals surface area contributed by atoms with Crippen LogP contribution in [0.3, 0.4) is 0 Å².